The first kappa shape index (κ1) is 16.9. The second-order valence-electron chi connectivity index (χ2n) is 6.11. The maximum Gasteiger partial charge on any atom is 0.317 e. The molecule has 126 valence electrons. The molecule has 0 aliphatic rings. The lowest BCUT2D eigenvalue weighted by Crippen LogP contribution is -2.24. The highest BCUT2D eigenvalue weighted by molar-refractivity contribution is 5.91. The molecule has 0 aliphatic carbocycles. The molecule has 0 aliphatic heterocycles. The minimum absolute atomic E-state index is 0.173. The largest absolute Gasteiger partial charge is 0.460 e. The Labute approximate surface area is 147 Å². The SMILES string of the molecule is CC(c1cccc2ccccc12)C(C=O)C(=O)OCc1ccccc1. The van der Waals surface area contributed by atoms with E-state index in [1.165, 1.54) is 0 Å². The van der Waals surface area contributed by atoms with E-state index in [0.29, 0.717) is 6.29 Å². The van der Waals surface area contributed by atoms with Crippen LogP contribution in [-0.2, 0) is 20.9 Å². The number of hydrogen-bond donors (Lipinski definition) is 0. The quantitative estimate of drug-likeness (QED) is 0.379. The summed E-state index contributed by atoms with van der Waals surface area (Å²) in [6.45, 7) is 2.07. The molecule has 3 aromatic carbocycles. The predicted octanol–water partition coefficient (Wildman–Crippen LogP) is 4.50. The van der Waals surface area contributed by atoms with Crippen molar-refractivity contribution in [2.45, 2.75) is 19.4 Å². The summed E-state index contributed by atoms with van der Waals surface area (Å²) in [7, 11) is 0. The first-order valence-electron chi connectivity index (χ1n) is 8.34. The maximum atomic E-state index is 12.4. The topological polar surface area (TPSA) is 43.4 Å². The van der Waals surface area contributed by atoms with Gasteiger partial charge in [-0.25, -0.2) is 0 Å². The first-order valence-corrected chi connectivity index (χ1v) is 8.34. The Morgan fingerprint density at radius 1 is 0.960 bits per heavy atom. The van der Waals surface area contributed by atoms with Crippen molar-refractivity contribution in [3.8, 4) is 0 Å². The standard InChI is InChI=1S/C22H20O3/c1-16(19-13-7-11-18-10-5-6-12-20(18)19)21(14-23)22(24)25-15-17-8-3-2-4-9-17/h2-14,16,21H,15H2,1H3. The summed E-state index contributed by atoms with van der Waals surface area (Å²) >= 11 is 0. The van der Waals surface area contributed by atoms with E-state index in [4.69, 9.17) is 4.74 Å². The smallest absolute Gasteiger partial charge is 0.317 e. The summed E-state index contributed by atoms with van der Waals surface area (Å²) in [6, 6.07) is 23.4. The number of benzene rings is 3. The number of fused-ring (bicyclic) bond motifs is 1. The van der Waals surface area contributed by atoms with Crippen LogP contribution in [0.15, 0.2) is 72.8 Å². The van der Waals surface area contributed by atoms with E-state index in [0.717, 1.165) is 21.9 Å². The number of carbonyl (C=O) groups is 2. The first-order chi connectivity index (χ1) is 12.2. The normalized spacial score (nSPS) is 13.2. The minimum atomic E-state index is -0.825. The van der Waals surface area contributed by atoms with Crippen LogP contribution in [0.4, 0.5) is 0 Å². The van der Waals surface area contributed by atoms with E-state index < -0.39 is 11.9 Å². The second kappa shape index (κ2) is 7.75. The molecule has 0 fully saturated rings. The Morgan fingerprint density at radius 2 is 1.64 bits per heavy atom. The van der Waals surface area contributed by atoms with Gasteiger partial charge in [0.05, 0.1) is 0 Å². The molecule has 0 aromatic heterocycles. The molecule has 2 unspecified atom stereocenters. The van der Waals surface area contributed by atoms with E-state index in [2.05, 4.69) is 0 Å². The zero-order valence-corrected chi connectivity index (χ0v) is 14.1. The van der Waals surface area contributed by atoms with Crippen LogP contribution in [0.5, 0.6) is 0 Å². The Hall–Kier alpha value is -2.94. The third-order valence-electron chi connectivity index (χ3n) is 4.50. The third kappa shape index (κ3) is 3.77. The van der Waals surface area contributed by atoms with E-state index >= 15 is 0 Å². The summed E-state index contributed by atoms with van der Waals surface area (Å²) in [6.07, 6.45) is 0.694. The van der Waals surface area contributed by atoms with Crippen molar-refractivity contribution in [1.29, 1.82) is 0 Å². The molecular formula is C22H20O3. The Kier molecular flexibility index (Phi) is 5.24. The number of esters is 1. The number of aldehydes is 1. The van der Waals surface area contributed by atoms with Gasteiger partial charge in [-0.05, 0) is 21.9 Å². The minimum Gasteiger partial charge on any atom is -0.460 e. The molecule has 25 heavy (non-hydrogen) atoms. The molecule has 3 heteroatoms. The molecule has 0 radical (unpaired) electrons. The van der Waals surface area contributed by atoms with Gasteiger partial charge < -0.3 is 9.53 Å². The van der Waals surface area contributed by atoms with Crippen LogP contribution < -0.4 is 0 Å². The fraction of sp³-hybridized carbons (Fsp3) is 0.182. The van der Waals surface area contributed by atoms with E-state index in [9.17, 15) is 9.59 Å². The van der Waals surface area contributed by atoms with Gasteiger partial charge in [0.1, 0.15) is 18.8 Å². The van der Waals surface area contributed by atoms with Crippen LogP contribution >= 0.6 is 0 Å². The Balaban J connectivity index is 1.79. The molecule has 0 amide bonds. The number of carbonyl (C=O) groups excluding carboxylic acids is 2. The lowest BCUT2D eigenvalue weighted by atomic mass is 9.85. The van der Waals surface area contributed by atoms with Gasteiger partial charge in [-0.1, -0.05) is 79.7 Å². The van der Waals surface area contributed by atoms with Gasteiger partial charge in [0.15, 0.2) is 0 Å². The molecule has 3 nitrogen and oxygen atoms in total. The molecule has 0 bridgehead atoms. The van der Waals surface area contributed by atoms with Crippen LogP contribution in [0.2, 0.25) is 0 Å². The van der Waals surface area contributed by atoms with Crippen LogP contribution in [0.25, 0.3) is 10.8 Å². The van der Waals surface area contributed by atoms with Gasteiger partial charge in [-0.15, -0.1) is 0 Å². The third-order valence-corrected chi connectivity index (χ3v) is 4.50. The average molecular weight is 332 g/mol. The molecule has 3 rings (SSSR count). The molecule has 3 aromatic rings. The highest BCUT2D eigenvalue weighted by atomic mass is 16.5. The molecule has 0 saturated carbocycles. The fourth-order valence-electron chi connectivity index (χ4n) is 3.04. The average Bonchev–Trinajstić information content (AvgIpc) is 2.67. The van der Waals surface area contributed by atoms with Crippen molar-refractivity contribution in [3.05, 3.63) is 83.9 Å². The second-order valence-corrected chi connectivity index (χ2v) is 6.11. The van der Waals surface area contributed by atoms with Gasteiger partial charge in [0, 0.05) is 5.92 Å². The zero-order chi connectivity index (χ0) is 17.6. The summed E-state index contributed by atoms with van der Waals surface area (Å²) < 4.78 is 5.37. The lowest BCUT2D eigenvalue weighted by Gasteiger charge is -2.20. The molecular weight excluding hydrogens is 312 g/mol. The van der Waals surface area contributed by atoms with E-state index in [1.54, 1.807) is 0 Å². The summed E-state index contributed by atoms with van der Waals surface area (Å²) in [5, 5.41) is 2.15. The van der Waals surface area contributed by atoms with E-state index in [-0.39, 0.29) is 12.5 Å². The Bertz CT molecular complexity index is 865. The van der Waals surface area contributed by atoms with Crippen molar-refractivity contribution >= 4 is 23.0 Å². The highest BCUT2D eigenvalue weighted by Crippen LogP contribution is 2.30. The van der Waals surface area contributed by atoms with Crippen molar-refractivity contribution in [3.63, 3.8) is 0 Å². The Morgan fingerprint density at radius 3 is 2.40 bits per heavy atom. The molecule has 0 spiro atoms. The van der Waals surface area contributed by atoms with Gasteiger partial charge in [0.25, 0.3) is 0 Å². The monoisotopic (exact) mass is 332 g/mol. The molecule has 0 heterocycles. The maximum absolute atomic E-state index is 12.4. The number of hydrogen-bond acceptors (Lipinski definition) is 3. The summed E-state index contributed by atoms with van der Waals surface area (Å²) in [4.78, 5) is 24.1. The predicted molar refractivity (Wildman–Crippen MR) is 98.2 cm³/mol. The van der Waals surface area contributed by atoms with E-state index in [1.807, 2.05) is 79.7 Å². The molecule has 0 saturated heterocycles. The van der Waals surface area contributed by atoms with Crippen molar-refractivity contribution in [2.75, 3.05) is 0 Å². The van der Waals surface area contributed by atoms with Gasteiger partial charge >= 0.3 is 5.97 Å². The van der Waals surface area contributed by atoms with Gasteiger partial charge in [0.2, 0.25) is 0 Å². The molecule has 0 N–H and O–H groups in total. The van der Waals surface area contributed by atoms with Crippen LogP contribution in [0, 0.1) is 5.92 Å². The lowest BCUT2D eigenvalue weighted by molar-refractivity contribution is -0.151. The van der Waals surface area contributed by atoms with Crippen molar-refractivity contribution in [2.24, 2.45) is 5.92 Å². The van der Waals surface area contributed by atoms with Crippen LogP contribution in [0.3, 0.4) is 0 Å². The fourth-order valence-corrected chi connectivity index (χ4v) is 3.04. The molecule has 2 atom stereocenters. The summed E-state index contributed by atoms with van der Waals surface area (Å²) in [5.74, 6) is -1.57. The van der Waals surface area contributed by atoms with Crippen molar-refractivity contribution in [1.82, 2.24) is 0 Å². The number of ether oxygens (including phenoxy) is 1. The van der Waals surface area contributed by atoms with Gasteiger partial charge in [-0.2, -0.15) is 0 Å². The van der Waals surface area contributed by atoms with Crippen molar-refractivity contribution < 1.29 is 14.3 Å². The highest BCUT2D eigenvalue weighted by Gasteiger charge is 2.28. The van der Waals surface area contributed by atoms with Crippen LogP contribution in [0.1, 0.15) is 24.0 Å². The number of rotatable bonds is 6. The van der Waals surface area contributed by atoms with Gasteiger partial charge in [-0.3, -0.25) is 4.79 Å². The zero-order valence-electron chi connectivity index (χ0n) is 14.1. The summed E-state index contributed by atoms with van der Waals surface area (Å²) in [5.41, 5.74) is 1.88. The van der Waals surface area contributed by atoms with Crippen LogP contribution in [-0.4, -0.2) is 12.3 Å².